The molecule has 1 aliphatic rings. The Morgan fingerprint density at radius 2 is 2.24 bits per heavy atom. The van der Waals surface area contributed by atoms with Crippen LogP contribution in [0.25, 0.3) is 5.52 Å². The van der Waals surface area contributed by atoms with Crippen LogP contribution in [0.4, 0.5) is 5.69 Å². The number of primary amides is 1. The summed E-state index contributed by atoms with van der Waals surface area (Å²) in [7, 11) is 0. The number of anilines is 1. The molecule has 0 aliphatic heterocycles. The van der Waals surface area contributed by atoms with Gasteiger partial charge in [0.15, 0.2) is 0 Å². The minimum atomic E-state index is -0.517. The van der Waals surface area contributed by atoms with Gasteiger partial charge in [0.05, 0.1) is 29.2 Å². The zero-order valence-electron chi connectivity index (χ0n) is 12.0. The second-order valence-corrected chi connectivity index (χ2v) is 5.84. The van der Waals surface area contributed by atoms with Gasteiger partial charge in [0.1, 0.15) is 5.75 Å². The van der Waals surface area contributed by atoms with Gasteiger partial charge in [-0.3, -0.25) is 4.79 Å². The molecule has 4 N–H and O–H groups in total. The summed E-state index contributed by atoms with van der Waals surface area (Å²) in [4.78, 5) is 11.7. The van der Waals surface area contributed by atoms with E-state index in [-0.39, 0.29) is 5.75 Å². The van der Waals surface area contributed by atoms with Crippen LogP contribution in [0.5, 0.6) is 5.75 Å². The van der Waals surface area contributed by atoms with Crippen molar-refractivity contribution in [3.8, 4) is 5.75 Å². The molecular formula is C15H20N4O2. The summed E-state index contributed by atoms with van der Waals surface area (Å²) in [6.07, 6.45) is 7.64. The molecule has 3 rings (SSSR count). The number of aromatic nitrogens is 2. The Hall–Kier alpha value is -2.24. The molecule has 0 radical (unpaired) electrons. The van der Waals surface area contributed by atoms with Gasteiger partial charge < -0.3 is 16.2 Å². The minimum absolute atomic E-state index is 0.115. The van der Waals surface area contributed by atoms with Crippen molar-refractivity contribution >= 4 is 17.1 Å². The minimum Gasteiger partial charge on any atom is -0.506 e. The number of hydrogen-bond acceptors (Lipinski definition) is 4. The second-order valence-electron chi connectivity index (χ2n) is 5.84. The summed E-state index contributed by atoms with van der Waals surface area (Å²) in [5.74, 6) is 0.136. The lowest BCUT2D eigenvalue weighted by atomic mass is 9.85. The summed E-state index contributed by atoms with van der Waals surface area (Å²) < 4.78 is 1.55. The van der Waals surface area contributed by atoms with Gasteiger partial charge in [0.25, 0.3) is 5.91 Å². The topological polar surface area (TPSA) is 92.6 Å². The smallest absolute Gasteiger partial charge is 0.252 e. The molecule has 1 amide bonds. The van der Waals surface area contributed by atoms with Crippen molar-refractivity contribution in [3.05, 3.63) is 24.0 Å². The molecule has 1 saturated carbocycles. The Labute approximate surface area is 122 Å². The molecule has 2 aromatic rings. The number of rotatable bonds is 3. The van der Waals surface area contributed by atoms with Gasteiger partial charge in [0, 0.05) is 12.1 Å². The van der Waals surface area contributed by atoms with E-state index in [9.17, 15) is 9.90 Å². The highest BCUT2D eigenvalue weighted by Gasteiger charge is 2.24. The Morgan fingerprint density at radius 3 is 2.95 bits per heavy atom. The first kappa shape index (κ1) is 13.7. The molecule has 0 spiro atoms. The summed E-state index contributed by atoms with van der Waals surface area (Å²) in [5.41, 5.74) is 7.15. The van der Waals surface area contributed by atoms with E-state index in [0.717, 1.165) is 6.42 Å². The average Bonchev–Trinajstić information content (AvgIpc) is 2.82. The quantitative estimate of drug-likeness (QED) is 0.806. The van der Waals surface area contributed by atoms with E-state index in [1.165, 1.54) is 31.7 Å². The van der Waals surface area contributed by atoms with Gasteiger partial charge in [-0.15, -0.1) is 0 Å². The van der Waals surface area contributed by atoms with Gasteiger partial charge in [0.2, 0.25) is 0 Å². The lowest BCUT2D eigenvalue weighted by Crippen LogP contribution is -2.31. The molecule has 21 heavy (non-hydrogen) atoms. The van der Waals surface area contributed by atoms with Crippen molar-refractivity contribution in [3.63, 3.8) is 0 Å². The number of fused-ring (bicyclic) bond motifs is 1. The molecule has 2 atom stereocenters. The molecule has 1 aliphatic carbocycles. The standard InChI is InChI=1S/C15H20N4O2/c1-9-4-2-3-5-12(9)18-14-11(15(16)21)7-17-19-8-10(20)6-13(14)19/h6-9,12,18,20H,2-5H2,1H3,(H2,16,21). The van der Waals surface area contributed by atoms with Crippen LogP contribution >= 0.6 is 0 Å². The van der Waals surface area contributed by atoms with Crippen molar-refractivity contribution in [2.75, 3.05) is 5.32 Å². The zero-order valence-corrected chi connectivity index (χ0v) is 12.0. The third kappa shape index (κ3) is 2.53. The molecule has 0 saturated heterocycles. The van der Waals surface area contributed by atoms with Gasteiger partial charge in [-0.1, -0.05) is 19.8 Å². The van der Waals surface area contributed by atoms with E-state index in [1.807, 2.05) is 0 Å². The number of nitrogens with two attached hydrogens (primary N) is 1. The Morgan fingerprint density at radius 1 is 1.48 bits per heavy atom. The number of carbonyl (C=O) groups is 1. The predicted octanol–water partition coefficient (Wildman–Crippen LogP) is 2.13. The first-order chi connectivity index (χ1) is 10.1. The highest BCUT2D eigenvalue weighted by Crippen LogP contribution is 2.31. The van der Waals surface area contributed by atoms with Crippen LogP contribution < -0.4 is 11.1 Å². The zero-order chi connectivity index (χ0) is 15.0. The third-order valence-electron chi connectivity index (χ3n) is 4.33. The van der Waals surface area contributed by atoms with Crippen LogP contribution in [-0.2, 0) is 0 Å². The lowest BCUT2D eigenvalue weighted by Gasteiger charge is -2.31. The summed E-state index contributed by atoms with van der Waals surface area (Å²) in [5, 5.41) is 17.2. The molecule has 2 heterocycles. The monoisotopic (exact) mass is 288 g/mol. The number of amides is 1. The second kappa shape index (κ2) is 5.27. The Balaban J connectivity index is 2.05. The van der Waals surface area contributed by atoms with Crippen molar-refractivity contribution in [2.45, 2.75) is 38.6 Å². The molecule has 6 nitrogen and oxygen atoms in total. The SMILES string of the molecule is CC1CCCCC1Nc1c(C(N)=O)cnn2cc(O)cc12. The van der Waals surface area contributed by atoms with Crippen LogP contribution in [0.2, 0.25) is 0 Å². The molecule has 2 unspecified atom stereocenters. The summed E-state index contributed by atoms with van der Waals surface area (Å²) >= 11 is 0. The molecule has 6 heteroatoms. The fourth-order valence-electron chi connectivity index (χ4n) is 3.10. The van der Waals surface area contributed by atoms with Crippen LogP contribution in [0.15, 0.2) is 18.5 Å². The highest BCUT2D eigenvalue weighted by molar-refractivity contribution is 6.02. The third-order valence-corrected chi connectivity index (χ3v) is 4.33. The number of nitrogens with one attached hydrogen (secondary N) is 1. The van der Waals surface area contributed by atoms with Crippen molar-refractivity contribution in [1.29, 1.82) is 0 Å². The Kier molecular flexibility index (Phi) is 3.45. The Bertz CT molecular complexity index is 680. The maximum atomic E-state index is 11.7. The number of hydrogen-bond donors (Lipinski definition) is 3. The van der Waals surface area contributed by atoms with E-state index < -0.39 is 5.91 Å². The first-order valence-electron chi connectivity index (χ1n) is 7.33. The van der Waals surface area contributed by atoms with Crippen LogP contribution in [0.3, 0.4) is 0 Å². The van der Waals surface area contributed by atoms with E-state index in [4.69, 9.17) is 5.73 Å². The van der Waals surface area contributed by atoms with Crippen molar-refractivity contribution in [2.24, 2.45) is 11.7 Å². The largest absolute Gasteiger partial charge is 0.506 e. The fraction of sp³-hybridized carbons (Fsp3) is 0.467. The summed E-state index contributed by atoms with van der Waals surface area (Å²) in [6, 6.07) is 1.90. The fourth-order valence-corrected chi connectivity index (χ4v) is 3.10. The van der Waals surface area contributed by atoms with Gasteiger partial charge >= 0.3 is 0 Å². The predicted molar refractivity (Wildman–Crippen MR) is 80.4 cm³/mol. The molecule has 112 valence electrons. The van der Waals surface area contributed by atoms with Gasteiger partial charge in [-0.05, 0) is 18.8 Å². The van der Waals surface area contributed by atoms with Crippen LogP contribution in [-0.4, -0.2) is 26.7 Å². The molecule has 1 fully saturated rings. The van der Waals surface area contributed by atoms with Crippen molar-refractivity contribution < 1.29 is 9.90 Å². The van der Waals surface area contributed by atoms with Crippen LogP contribution in [0.1, 0.15) is 43.0 Å². The van der Waals surface area contributed by atoms with E-state index >= 15 is 0 Å². The molecule has 0 aromatic carbocycles. The molecular weight excluding hydrogens is 268 g/mol. The molecule has 2 aromatic heterocycles. The van der Waals surface area contributed by atoms with Crippen molar-refractivity contribution in [1.82, 2.24) is 9.61 Å². The maximum absolute atomic E-state index is 11.7. The number of nitrogens with zero attached hydrogens (tertiary/aromatic N) is 2. The first-order valence-corrected chi connectivity index (χ1v) is 7.33. The van der Waals surface area contributed by atoms with E-state index in [2.05, 4.69) is 17.3 Å². The highest BCUT2D eigenvalue weighted by atomic mass is 16.3. The van der Waals surface area contributed by atoms with Gasteiger partial charge in [-0.2, -0.15) is 5.10 Å². The normalized spacial score (nSPS) is 22.3. The maximum Gasteiger partial charge on any atom is 0.252 e. The van der Waals surface area contributed by atoms with E-state index in [1.54, 1.807) is 10.6 Å². The number of carbonyl (C=O) groups excluding carboxylic acids is 1. The number of aromatic hydroxyl groups is 1. The summed E-state index contributed by atoms with van der Waals surface area (Å²) in [6.45, 7) is 2.22. The lowest BCUT2D eigenvalue weighted by molar-refractivity contribution is 0.100. The van der Waals surface area contributed by atoms with E-state index in [0.29, 0.717) is 28.7 Å². The molecule has 0 bridgehead atoms. The average molecular weight is 288 g/mol. The van der Waals surface area contributed by atoms with Gasteiger partial charge in [-0.25, -0.2) is 4.52 Å². The van der Waals surface area contributed by atoms with Crippen LogP contribution in [0, 0.1) is 5.92 Å².